The van der Waals surface area contributed by atoms with Gasteiger partial charge in [0.1, 0.15) is 0 Å². The molecule has 2 unspecified atom stereocenters. The van der Waals surface area contributed by atoms with Crippen LogP contribution < -0.4 is 0 Å². The quantitative estimate of drug-likeness (QED) is 0.596. The molecule has 2 atom stereocenters. The first kappa shape index (κ1) is 11.7. The van der Waals surface area contributed by atoms with Gasteiger partial charge in [0.2, 0.25) is 0 Å². The van der Waals surface area contributed by atoms with Gasteiger partial charge < -0.3 is 5.11 Å². The van der Waals surface area contributed by atoms with Crippen LogP contribution in [0.25, 0.3) is 0 Å². The number of aliphatic hydroxyl groups is 1. The fourth-order valence-electron chi connectivity index (χ4n) is 0.753. The predicted molar refractivity (Wildman–Crippen MR) is 41.2 cm³/mol. The van der Waals surface area contributed by atoms with Gasteiger partial charge >= 0.3 is 13.9 Å². The molecule has 0 bridgehead atoms. The van der Waals surface area contributed by atoms with E-state index in [4.69, 9.17) is 10.00 Å². The van der Waals surface area contributed by atoms with E-state index in [9.17, 15) is 4.57 Å². The summed E-state index contributed by atoms with van der Waals surface area (Å²) in [6.07, 6.45) is 0. The van der Waals surface area contributed by atoms with E-state index in [1.807, 2.05) is 0 Å². The van der Waals surface area contributed by atoms with E-state index >= 15 is 0 Å². The fourth-order valence-corrected chi connectivity index (χ4v) is 1.18. The first-order valence-corrected chi connectivity index (χ1v) is 4.38. The number of aliphatic hydroxyl groups excluding tert-OH is 1. The third kappa shape index (κ3) is 3.00. The maximum atomic E-state index is 10.4. The van der Waals surface area contributed by atoms with Crippen LogP contribution in [0.3, 0.4) is 0 Å². The summed E-state index contributed by atoms with van der Waals surface area (Å²) >= 11 is 0. The molecule has 68 valence electrons. The van der Waals surface area contributed by atoms with E-state index < -0.39 is 13.9 Å². The van der Waals surface area contributed by atoms with Gasteiger partial charge in [0.25, 0.3) is 0 Å². The number of hydrogen-bond donors (Lipinski definition) is 2. The van der Waals surface area contributed by atoms with Gasteiger partial charge in [-0.15, -0.1) is 0 Å². The van der Waals surface area contributed by atoms with Crippen LogP contribution in [0.2, 0.25) is 0 Å². The minimum Gasteiger partial charge on any atom is -0.345 e. The minimum absolute atomic E-state index is 0. The molecule has 2 N–H and O–H groups in total. The fraction of sp³-hybridized carbons (Fsp3) is 0.143. The summed E-state index contributed by atoms with van der Waals surface area (Å²) in [6, 6.07) is 8.40. The van der Waals surface area contributed by atoms with Crippen molar-refractivity contribution in [3.8, 4) is 0 Å². The molecule has 1 aromatic rings. The molecule has 1 rings (SSSR count). The molecule has 5 heteroatoms. The van der Waals surface area contributed by atoms with Gasteiger partial charge in [-0.3, -0.25) is 0 Å². The SMILES string of the molecule is O=[P+](O)C(O)c1ccccc1.[Ni]. The minimum atomic E-state index is -2.53. The van der Waals surface area contributed by atoms with Crippen LogP contribution in [0.4, 0.5) is 0 Å². The van der Waals surface area contributed by atoms with Gasteiger partial charge in [0, 0.05) is 22.1 Å². The Labute approximate surface area is 81.2 Å². The van der Waals surface area contributed by atoms with E-state index in [-0.39, 0.29) is 16.5 Å². The third-order valence-corrected chi connectivity index (χ3v) is 2.02. The zero-order valence-electron chi connectivity index (χ0n) is 6.03. The molecular formula is C7H8NiO3P+. The molecule has 1 aromatic carbocycles. The zero-order chi connectivity index (χ0) is 8.27. The summed E-state index contributed by atoms with van der Waals surface area (Å²) in [7, 11) is -2.53. The van der Waals surface area contributed by atoms with Crippen LogP contribution in [0.5, 0.6) is 0 Å². The van der Waals surface area contributed by atoms with Gasteiger partial charge in [-0.2, -0.15) is 4.89 Å². The number of benzene rings is 1. The molecule has 0 saturated heterocycles. The molecule has 0 radical (unpaired) electrons. The maximum absolute atomic E-state index is 10.4. The van der Waals surface area contributed by atoms with Gasteiger partial charge in [-0.25, -0.2) is 0 Å². The van der Waals surface area contributed by atoms with Crippen LogP contribution >= 0.6 is 8.03 Å². The topological polar surface area (TPSA) is 57.5 Å². The van der Waals surface area contributed by atoms with Crippen LogP contribution in [-0.4, -0.2) is 10.00 Å². The molecule has 0 spiro atoms. The average molecular weight is 230 g/mol. The first-order valence-electron chi connectivity index (χ1n) is 3.10. The summed E-state index contributed by atoms with van der Waals surface area (Å²) < 4.78 is 10.4. The Morgan fingerprint density at radius 1 is 1.25 bits per heavy atom. The largest absolute Gasteiger partial charge is 0.542 e. The Morgan fingerprint density at radius 2 is 1.75 bits per heavy atom. The molecule has 0 aromatic heterocycles. The molecular weight excluding hydrogens is 222 g/mol. The van der Waals surface area contributed by atoms with Crippen molar-refractivity contribution in [3.63, 3.8) is 0 Å². The number of rotatable bonds is 2. The first-order chi connectivity index (χ1) is 5.22. The summed E-state index contributed by atoms with van der Waals surface area (Å²) in [4.78, 5) is 8.53. The normalized spacial score (nSPS) is 13.0. The number of hydrogen-bond acceptors (Lipinski definition) is 2. The van der Waals surface area contributed by atoms with Crippen LogP contribution in [0, 0.1) is 0 Å². The smallest absolute Gasteiger partial charge is 0.345 e. The van der Waals surface area contributed by atoms with Crippen molar-refractivity contribution in [2.45, 2.75) is 5.85 Å². The van der Waals surface area contributed by atoms with Crippen molar-refractivity contribution in [1.29, 1.82) is 0 Å². The summed E-state index contributed by atoms with van der Waals surface area (Å²) in [5.41, 5.74) is 0.469. The Bertz CT molecular complexity index is 252. The Kier molecular flexibility index (Phi) is 5.27. The Morgan fingerprint density at radius 3 is 2.17 bits per heavy atom. The molecule has 0 saturated carbocycles. The van der Waals surface area contributed by atoms with Gasteiger partial charge in [0.05, 0.1) is 0 Å². The van der Waals surface area contributed by atoms with E-state index in [1.165, 1.54) is 0 Å². The van der Waals surface area contributed by atoms with Crippen molar-refractivity contribution in [2.75, 3.05) is 0 Å². The van der Waals surface area contributed by atoms with Gasteiger partial charge in [-0.1, -0.05) is 30.3 Å². The Balaban J connectivity index is 0.00000121. The van der Waals surface area contributed by atoms with Gasteiger partial charge in [0.15, 0.2) is 0 Å². The molecule has 0 fully saturated rings. The summed E-state index contributed by atoms with van der Waals surface area (Å²) in [5, 5.41) is 9.06. The second-order valence-corrected chi connectivity index (χ2v) is 3.18. The summed E-state index contributed by atoms with van der Waals surface area (Å²) in [6.45, 7) is 0. The van der Waals surface area contributed by atoms with Crippen LogP contribution in [-0.2, 0) is 21.1 Å². The zero-order valence-corrected chi connectivity index (χ0v) is 7.91. The van der Waals surface area contributed by atoms with Crippen molar-refractivity contribution in [3.05, 3.63) is 35.9 Å². The van der Waals surface area contributed by atoms with Crippen LogP contribution in [0.15, 0.2) is 30.3 Å². The molecule has 0 heterocycles. The van der Waals surface area contributed by atoms with E-state index in [1.54, 1.807) is 30.3 Å². The molecule has 0 aliphatic heterocycles. The Hall–Kier alpha value is -0.266. The second-order valence-electron chi connectivity index (χ2n) is 2.09. The van der Waals surface area contributed by atoms with E-state index in [0.717, 1.165) is 0 Å². The van der Waals surface area contributed by atoms with Gasteiger partial charge in [-0.05, 0) is 4.57 Å². The van der Waals surface area contributed by atoms with E-state index in [0.29, 0.717) is 5.56 Å². The third-order valence-electron chi connectivity index (χ3n) is 1.31. The molecule has 3 nitrogen and oxygen atoms in total. The average Bonchev–Trinajstić information content (AvgIpc) is 2.05. The van der Waals surface area contributed by atoms with Crippen molar-refractivity contribution >= 4 is 8.03 Å². The standard InChI is InChI=1S/C7H7O3P.Ni/c8-7(11(9)10)6-4-2-1-3-5-6;/h1-5,7-8H;/p+1. The monoisotopic (exact) mass is 229 g/mol. The van der Waals surface area contributed by atoms with Crippen LogP contribution in [0.1, 0.15) is 11.4 Å². The molecule has 0 aliphatic carbocycles. The maximum Gasteiger partial charge on any atom is 0.542 e. The second kappa shape index (κ2) is 5.39. The van der Waals surface area contributed by atoms with E-state index in [2.05, 4.69) is 0 Å². The van der Waals surface area contributed by atoms with Crippen molar-refractivity contribution in [2.24, 2.45) is 0 Å². The summed E-state index contributed by atoms with van der Waals surface area (Å²) in [5.74, 6) is -1.26. The molecule has 0 aliphatic rings. The predicted octanol–water partition coefficient (Wildman–Crippen LogP) is 1.41. The van der Waals surface area contributed by atoms with Crippen molar-refractivity contribution < 1.29 is 31.1 Å². The molecule has 0 amide bonds. The van der Waals surface area contributed by atoms with Crippen molar-refractivity contribution in [1.82, 2.24) is 0 Å². The molecule has 12 heavy (non-hydrogen) atoms.